The lowest BCUT2D eigenvalue weighted by atomic mass is 10.0. The van der Waals surface area contributed by atoms with Gasteiger partial charge in [0, 0.05) is 12.2 Å². The highest BCUT2D eigenvalue weighted by atomic mass is 15.1. The molecule has 0 saturated heterocycles. The molecule has 1 heterocycles. The fourth-order valence-electron chi connectivity index (χ4n) is 2.73. The first-order valence-corrected chi connectivity index (χ1v) is 6.44. The summed E-state index contributed by atoms with van der Waals surface area (Å²) in [5, 5.41) is 0. The van der Waals surface area contributed by atoms with Crippen molar-refractivity contribution in [2.45, 2.75) is 57.4 Å². The van der Waals surface area contributed by atoms with Crippen molar-refractivity contribution < 1.29 is 0 Å². The van der Waals surface area contributed by atoms with Crippen LogP contribution in [0.2, 0.25) is 0 Å². The van der Waals surface area contributed by atoms with Gasteiger partial charge in [0.2, 0.25) is 0 Å². The number of imidazole rings is 1. The van der Waals surface area contributed by atoms with E-state index < -0.39 is 0 Å². The SMILES string of the molecule is c1nc(CCC2CCCC2)cn1C1CC1. The van der Waals surface area contributed by atoms with E-state index in [4.69, 9.17) is 0 Å². The highest BCUT2D eigenvalue weighted by Gasteiger charge is 2.23. The normalized spacial score (nSPS) is 22.4. The Morgan fingerprint density at radius 3 is 2.73 bits per heavy atom. The van der Waals surface area contributed by atoms with E-state index in [-0.39, 0.29) is 0 Å². The van der Waals surface area contributed by atoms with E-state index in [0.717, 1.165) is 12.0 Å². The molecule has 0 atom stereocenters. The molecule has 15 heavy (non-hydrogen) atoms. The van der Waals surface area contributed by atoms with Crippen LogP contribution in [-0.4, -0.2) is 9.55 Å². The smallest absolute Gasteiger partial charge is 0.0951 e. The summed E-state index contributed by atoms with van der Waals surface area (Å²) in [6.07, 6.45) is 15.4. The minimum Gasteiger partial charge on any atom is -0.334 e. The summed E-state index contributed by atoms with van der Waals surface area (Å²) in [7, 11) is 0. The molecule has 2 aliphatic carbocycles. The van der Waals surface area contributed by atoms with Gasteiger partial charge in [-0.15, -0.1) is 0 Å². The first-order chi connectivity index (χ1) is 7.42. The molecule has 0 amide bonds. The maximum Gasteiger partial charge on any atom is 0.0951 e. The summed E-state index contributed by atoms with van der Waals surface area (Å²) in [5.74, 6) is 0.996. The predicted octanol–water partition coefficient (Wildman–Crippen LogP) is 3.34. The van der Waals surface area contributed by atoms with Gasteiger partial charge >= 0.3 is 0 Å². The van der Waals surface area contributed by atoms with Crippen LogP contribution >= 0.6 is 0 Å². The second-order valence-electron chi connectivity index (χ2n) is 5.23. The van der Waals surface area contributed by atoms with Crippen LogP contribution in [-0.2, 0) is 6.42 Å². The van der Waals surface area contributed by atoms with Gasteiger partial charge in [-0.05, 0) is 31.6 Å². The van der Waals surface area contributed by atoms with Crippen molar-refractivity contribution in [3.8, 4) is 0 Å². The van der Waals surface area contributed by atoms with Gasteiger partial charge in [-0.25, -0.2) is 4.98 Å². The molecule has 2 nitrogen and oxygen atoms in total. The molecule has 2 aliphatic rings. The molecule has 0 bridgehead atoms. The second kappa shape index (κ2) is 3.99. The van der Waals surface area contributed by atoms with Gasteiger partial charge in [-0.1, -0.05) is 25.7 Å². The van der Waals surface area contributed by atoms with Crippen LogP contribution in [0.3, 0.4) is 0 Å². The highest BCUT2D eigenvalue weighted by molar-refractivity contribution is 5.01. The Bertz CT molecular complexity index is 319. The largest absolute Gasteiger partial charge is 0.334 e. The lowest BCUT2D eigenvalue weighted by Gasteiger charge is -2.05. The third-order valence-corrected chi connectivity index (χ3v) is 3.91. The zero-order valence-corrected chi connectivity index (χ0v) is 9.36. The summed E-state index contributed by atoms with van der Waals surface area (Å²) < 4.78 is 2.31. The molecule has 0 aromatic carbocycles. The number of aryl methyl sites for hydroxylation is 1. The predicted molar refractivity (Wildman–Crippen MR) is 60.8 cm³/mol. The molecule has 0 unspecified atom stereocenters. The number of rotatable bonds is 4. The van der Waals surface area contributed by atoms with Gasteiger partial charge in [0.1, 0.15) is 0 Å². The summed E-state index contributed by atoms with van der Waals surface area (Å²) >= 11 is 0. The molecular weight excluding hydrogens is 184 g/mol. The topological polar surface area (TPSA) is 17.8 Å². The quantitative estimate of drug-likeness (QED) is 0.735. The standard InChI is InChI=1S/C13H20N2/c1-2-4-11(3-1)5-6-12-9-15(10-14-12)13-7-8-13/h9-11,13H,1-8H2. The minimum atomic E-state index is 0.790. The summed E-state index contributed by atoms with van der Waals surface area (Å²) in [6, 6.07) is 0.790. The fourth-order valence-corrected chi connectivity index (χ4v) is 2.73. The first kappa shape index (κ1) is 9.44. The monoisotopic (exact) mass is 204 g/mol. The van der Waals surface area contributed by atoms with Crippen LogP contribution in [0.4, 0.5) is 0 Å². The Kier molecular flexibility index (Phi) is 2.51. The van der Waals surface area contributed by atoms with Gasteiger partial charge < -0.3 is 4.57 Å². The maximum atomic E-state index is 4.50. The fraction of sp³-hybridized carbons (Fsp3) is 0.769. The van der Waals surface area contributed by atoms with Crippen LogP contribution in [0.1, 0.15) is 56.7 Å². The molecule has 3 rings (SSSR count). The lowest BCUT2D eigenvalue weighted by molar-refractivity contribution is 0.501. The summed E-state index contributed by atoms with van der Waals surface area (Å²) in [6.45, 7) is 0. The Hall–Kier alpha value is -0.790. The van der Waals surface area contributed by atoms with Gasteiger partial charge in [0.15, 0.2) is 0 Å². The molecule has 1 aromatic heterocycles. The Labute approximate surface area is 91.7 Å². The summed E-state index contributed by atoms with van der Waals surface area (Å²) in [4.78, 5) is 4.50. The van der Waals surface area contributed by atoms with Gasteiger partial charge in [-0.2, -0.15) is 0 Å². The Morgan fingerprint density at radius 1 is 1.20 bits per heavy atom. The van der Waals surface area contributed by atoms with E-state index in [9.17, 15) is 0 Å². The van der Waals surface area contributed by atoms with Crippen molar-refractivity contribution in [3.63, 3.8) is 0 Å². The van der Waals surface area contributed by atoms with Gasteiger partial charge in [-0.3, -0.25) is 0 Å². The van der Waals surface area contributed by atoms with Crippen molar-refractivity contribution >= 4 is 0 Å². The van der Waals surface area contributed by atoms with E-state index in [1.807, 2.05) is 6.33 Å². The molecule has 2 fully saturated rings. The van der Waals surface area contributed by atoms with Crippen LogP contribution < -0.4 is 0 Å². The average Bonchev–Trinajstić information content (AvgIpc) is 2.82. The number of hydrogen-bond donors (Lipinski definition) is 0. The Morgan fingerprint density at radius 2 is 2.00 bits per heavy atom. The van der Waals surface area contributed by atoms with Crippen LogP contribution in [0.25, 0.3) is 0 Å². The zero-order chi connectivity index (χ0) is 10.1. The molecule has 1 aromatic rings. The van der Waals surface area contributed by atoms with E-state index in [1.54, 1.807) is 0 Å². The van der Waals surface area contributed by atoms with Crippen LogP contribution in [0.15, 0.2) is 12.5 Å². The number of nitrogens with zero attached hydrogens (tertiary/aromatic N) is 2. The molecular formula is C13H20N2. The third kappa shape index (κ3) is 2.24. The van der Waals surface area contributed by atoms with Crippen molar-refractivity contribution in [2.24, 2.45) is 5.92 Å². The minimum absolute atomic E-state index is 0.790. The molecule has 0 spiro atoms. The zero-order valence-electron chi connectivity index (χ0n) is 9.36. The average molecular weight is 204 g/mol. The molecule has 0 N–H and O–H groups in total. The maximum absolute atomic E-state index is 4.50. The van der Waals surface area contributed by atoms with Crippen molar-refractivity contribution in [1.82, 2.24) is 9.55 Å². The van der Waals surface area contributed by atoms with E-state index in [0.29, 0.717) is 0 Å². The second-order valence-corrected chi connectivity index (χ2v) is 5.23. The molecule has 2 saturated carbocycles. The van der Waals surface area contributed by atoms with Gasteiger partial charge in [0.05, 0.1) is 12.0 Å². The van der Waals surface area contributed by atoms with E-state index in [1.165, 1.54) is 57.1 Å². The molecule has 82 valence electrons. The summed E-state index contributed by atoms with van der Waals surface area (Å²) in [5.41, 5.74) is 1.31. The highest BCUT2D eigenvalue weighted by Crippen LogP contribution is 2.35. The lowest BCUT2D eigenvalue weighted by Crippen LogP contribution is -1.96. The molecule has 0 aliphatic heterocycles. The van der Waals surface area contributed by atoms with Crippen molar-refractivity contribution in [3.05, 3.63) is 18.2 Å². The Balaban J connectivity index is 1.52. The van der Waals surface area contributed by atoms with Crippen molar-refractivity contribution in [2.75, 3.05) is 0 Å². The van der Waals surface area contributed by atoms with Gasteiger partial charge in [0.25, 0.3) is 0 Å². The number of hydrogen-bond acceptors (Lipinski definition) is 1. The van der Waals surface area contributed by atoms with E-state index in [2.05, 4.69) is 15.7 Å². The molecule has 2 heteroatoms. The third-order valence-electron chi connectivity index (χ3n) is 3.91. The van der Waals surface area contributed by atoms with Crippen molar-refractivity contribution in [1.29, 1.82) is 0 Å². The van der Waals surface area contributed by atoms with E-state index >= 15 is 0 Å². The molecule has 0 radical (unpaired) electrons. The number of aromatic nitrogens is 2. The van der Waals surface area contributed by atoms with Crippen LogP contribution in [0.5, 0.6) is 0 Å². The van der Waals surface area contributed by atoms with Crippen LogP contribution in [0, 0.1) is 5.92 Å². The first-order valence-electron chi connectivity index (χ1n) is 6.44.